The fraction of sp³-hybridized carbons (Fsp3) is 0.500. The summed E-state index contributed by atoms with van der Waals surface area (Å²) >= 11 is 0. The van der Waals surface area contributed by atoms with E-state index in [1.165, 1.54) is 0 Å². The quantitative estimate of drug-likeness (QED) is 0.263. The largest absolute Gasteiger partial charge is 0.460 e. The zero-order valence-corrected chi connectivity index (χ0v) is 6.31. The van der Waals surface area contributed by atoms with Gasteiger partial charge in [0.1, 0.15) is 0 Å². The summed E-state index contributed by atoms with van der Waals surface area (Å²) in [4.78, 5) is 19.5. The van der Waals surface area contributed by atoms with Gasteiger partial charge in [-0.15, -0.1) is 0 Å². The molecule has 11 heavy (non-hydrogen) atoms. The third kappa shape index (κ3) is 6.50. The van der Waals surface area contributed by atoms with Crippen molar-refractivity contribution in [3.63, 3.8) is 0 Å². The summed E-state index contributed by atoms with van der Waals surface area (Å²) < 4.78 is 4.57. The second-order valence-electron chi connectivity index (χ2n) is 2.09. The summed E-state index contributed by atoms with van der Waals surface area (Å²) in [5.41, 5.74) is 0. The maximum Gasteiger partial charge on any atom is 0.337 e. The molecule has 0 spiro atoms. The molecule has 0 radical (unpaired) electrons. The summed E-state index contributed by atoms with van der Waals surface area (Å²) in [5, 5.41) is 9.70. The molecular formula is C6H9NO4. The van der Waals surface area contributed by atoms with E-state index >= 15 is 0 Å². The highest BCUT2D eigenvalue weighted by Crippen LogP contribution is 1.89. The van der Waals surface area contributed by atoms with Crippen LogP contribution in [0.2, 0.25) is 0 Å². The van der Waals surface area contributed by atoms with Crippen molar-refractivity contribution in [3.05, 3.63) is 22.4 Å². The van der Waals surface area contributed by atoms with Gasteiger partial charge in [-0.05, 0) is 13.8 Å². The van der Waals surface area contributed by atoms with Crippen LogP contribution in [0.5, 0.6) is 0 Å². The van der Waals surface area contributed by atoms with Crippen molar-refractivity contribution >= 4 is 5.97 Å². The van der Waals surface area contributed by atoms with E-state index in [0.29, 0.717) is 6.20 Å². The fourth-order valence-electron chi connectivity index (χ4n) is 0.393. The number of rotatable bonds is 3. The van der Waals surface area contributed by atoms with Crippen LogP contribution < -0.4 is 0 Å². The zero-order chi connectivity index (χ0) is 8.85. The highest BCUT2D eigenvalue weighted by atomic mass is 16.6. The summed E-state index contributed by atoms with van der Waals surface area (Å²) in [7, 11) is 0. The van der Waals surface area contributed by atoms with E-state index in [1.54, 1.807) is 13.8 Å². The smallest absolute Gasteiger partial charge is 0.337 e. The molecule has 0 fully saturated rings. The normalized spacial score (nSPS) is 10.5. The lowest BCUT2D eigenvalue weighted by molar-refractivity contribution is -0.402. The molecule has 0 bridgehead atoms. The van der Waals surface area contributed by atoms with Crippen LogP contribution >= 0.6 is 0 Å². The van der Waals surface area contributed by atoms with Gasteiger partial charge in [-0.2, -0.15) is 0 Å². The molecule has 0 aromatic carbocycles. The van der Waals surface area contributed by atoms with Crippen LogP contribution in [0.15, 0.2) is 12.3 Å². The van der Waals surface area contributed by atoms with Gasteiger partial charge in [0.2, 0.25) is 6.20 Å². The van der Waals surface area contributed by atoms with Gasteiger partial charge in [0, 0.05) is 0 Å². The molecule has 0 aliphatic heterocycles. The van der Waals surface area contributed by atoms with Crippen molar-refractivity contribution in [2.45, 2.75) is 20.0 Å². The third-order valence-corrected chi connectivity index (χ3v) is 0.684. The first-order chi connectivity index (χ1) is 5.02. The highest BCUT2D eigenvalue weighted by molar-refractivity contribution is 5.81. The first-order valence-electron chi connectivity index (χ1n) is 3.04. The second-order valence-corrected chi connectivity index (χ2v) is 2.09. The van der Waals surface area contributed by atoms with E-state index in [9.17, 15) is 14.9 Å². The molecular weight excluding hydrogens is 150 g/mol. The fourth-order valence-corrected chi connectivity index (χ4v) is 0.393. The minimum absolute atomic E-state index is 0.251. The van der Waals surface area contributed by atoms with Crippen LogP contribution in [0, 0.1) is 10.1 Å². The van der Waals surface area contributed by atoms with E-state index in [-0.39, 0.29) is 6.10 Å². The summed E-state index contributed by atoms with van der Waals surface area (Å²) in [6, 6.07) is 0. The molecule has 0 amide bonds. The van der Waals surface area contributed by atoms with Crippen LogP contribution in [0.1, 0.15) is 13.8 Å². The van der Waals surface area contributed by atoms with E-state index in [2.05, 4.69) is 4.74 Å². The molecule has 0 aromatic rings. The Bertz CT molecular complexity index is 185. The molecule has 0 aromatic heterocycles. The molecule has 5 nitrogen and oxygen atoms in total. The Hall–Kier alpha value is -1.39. The van der Waals surface area contributed by atoms with Gasteiger partial charge in [-0.3, -0.25) is 10.1 Å². The maximum absolute atomic E-state index is 10.5. The Morgan fingerprint density at radius 3 is 2.55 bits per heavy atom. The van der Waals surface area contributed by atoms with Gasteiger partial charge in [-0.25, -0.2) is 4.79 Å². The number of nitrogens with zero attached hydrogens (tertiary/aromatic N) is 1. The topological polar surface area (TPSA) is 69.4 Å². The molecule has 0 aliphatic carbocycles. The average molecular weight is 159 g/mol. The average Bonchev–Trinajstić information content (AvgIpc) is 1.82. The van der Waals surface area contributed by atoms with E-state index in [0.717, 1.165) is 6.08 Å². The number of carbonyl (C=O) groups excluding carboxylic acids is 1. The monoisotopic (exact) mass is 159 g/mol. The van der Waals surface area contributed by atoms with E-state index < -0.39 is 10.9 Å². The summed E-state index contributed by atoms with van der Waals surface area (Å²) in [5.74, 6) is -0.697. The molecule has 0 saturated carbocycles. The molecule has 0 saturated heterocycles. The summed E-state index contributed by atoms with van der Waals surface area (Å²) in [6.07, 6.45) is 1.07. The number of hydrogen-bond acceptors (Lipinski definition) is 4. The van der Waals surface area contributed by atoms with Crippen LogP contribution in [0.4, 0.5) is 0 Å². The first-order valence-corrected chi connectivity index (χ1v) is 3.04. The second kappa shape index (κ2) is 4.43. The number of ether oxygens (including phenoxy) is 1. The summed E-state index contributed by atoms with van der Waals surface area (Å²) in [6.45, 7) is 3.33. The number of esters is 1. The molecule has 0 aliphatic rings. The Labute approximate surface area is 63.8 Å². The predicted octanol–water partition coefficient (Wildman–Crippen LogP) is 0.728. The molecule has 0 heterocycles. The molecule has 0 unspecified atom stereocenters. The minimum atomic E-state index is -0.721. The van der Waals surface area contributed by atoms with Gasteiger partial charge < -0.3 is 4.74 Å². The Balaban J connectivity index is 3.78. The lowest BCUT2D eigenvalue weighted by Gasteiger charge is -2.02. The third-order valence-electron chi connectivity index (χ3n) is 0.684. The lowest BCUT2D eigenvalue weighted by atomic mass is 10.5. The Morgan fingerprint density at radius 1 is 1.64 bits per heavy atom. The SMILES string of the molecule is CC(C)OC(=O)C=C[N+](=O)[O-]. The molecule has 0 atom stereocenters. The van der Waals surface area contributed by atoms with Crippen molar-refractivity contribution in [3.8, 4) is 0 Å². The van der Waals surface area contributed by atoms with Gasteiger partial charge >= 0.3 is 5.97 Å². The van der Waals surface area contributed by atoms with Crippen LogP contribution in [-0.4, -0.2) is 17.0 Å². The van der Waals surface area contributed by atoms with Crippen molar-refractivity contribution in [2.24, 2.45) is 0 Å². The highest BCUT2D eigenvalue weighted by Gasteiger charge is 2.01. The van der Waals surface area contributed by atoms with Gasteiger partial charge in [0.05, 0.1) is 17.1 Å². The van der Waals surface area contributed by atoms with E-state index in [4.69, 9.17) is 0 Å². The number of carbonyl (C=O) groups is 1. The van der Waals surface area contributed by atoms with E-state index in [1.807, 2.05) is 0 Å². The van der Waals surface area contributed by atoms with Crippen LogP contribution in [-0.2, 0) is 9.53 Å². The van der Waals surface area contributed by atoms with Crippen LogP contribution in [0.3, 0.4) is 0 Å². The first kappa shape index (κ1) is 9.61. The van der Waals surface area contributed by atoms with Crippen molar-refractivity contribution in [1.82, 2.24) is 0 Å². The van der Waals surface area contributed by atoms with Crippen molar-refractivity contribution < 1.29 is 14.5 Å². The predicted molar refractivity (Wildman–Crippen MR) is 37.4 cm³/mol. The number of hydrogen-bond donors (Lipinski definition) is 0. The molecule has 5 heteroatoms. The van der Waals surface area contributed by atoms with Gasteiger partial charge in [-0.1, -0.05) is 0 Å². The molecule has 0 rings (SSSR count). The zero-order valence-electron chi connectivity index (χ0n) is 6.31. The lowest BCUT2D eigenvalue weighted by Crippen LogP contribution is -2.08. The van der Waals surface area contributed by atoms with Crippen molar-refractivity contribution in [1.29, 1.82) is 0 Å². The number of nitro groups is 1. The maximum atomic E-state index is 10.5. The molecule has 0 N–H and O–H groups in total. The Morgan fingerprint density at radius 2 is 2.18 bits per heavy atom. The molecule has 62 valence electrons. The van der Waals surface area contributed by atoms with Crippen molar-refractivity contribution in [2.75, 3.05) is 0 Å². The van der Waals surface area contributed by atoms with Crippen LogP contribution in [0.25, 0.3) is 0 Å². The van der Waals surface area contributed by atoms with Gasteiger partial charge in [0.25, 0.3) is 0 Å². The van der Waals surface area contributed by atoms with Gasteiger partial charge in [0.15, 0.2) is 0 Å². The standard InChI is InChI=1S/C6H9NO4/c1-5(2)11-6(8)3-4-7(9)10/h3-5H,1-2H3. The Kier molecular flexibility index (Phi) is 3.87. The minimum Gasteiger partial charge on any atom is -0.460 e.